The second-order valence-electron chi connectivity index (χ2n) is 6.97. The Hall–Kier alpha value is -3.15. The zero-order chi connectivity index (χ0) is 20.1. The van der Waals surface area contributed by atoms with Crippen molar-refractivity contribution in [1.82, 2.24) is 4.90 Å². The molecule has 1 aliphatic rings. The van der Waals surface area contributed by atoms with E-state index in [1.54, 1.807) is 29.2 Å². The molecule has 0 spiro atoms. The van der Waals surface area contributed by atoms with Gasteiger partial charge in [-0.3, -0.25) is 9.59 Å². The van der Waals surface area contributed by atoms with E-state index in [2.05, 4.69) is 5.32 Å². The number of rotatable bonds is 6. The third kappa shape index (κ3) is 4.76. The lowest BCUT2D eigenvalue weighted by molar-refractivity contribution is -0.128. The second-order valence-corrected chi connectivity index (χ2v) is 6.97. The normalized spacial score (nSPS) is 14.6. The van der Waals surface area contributed by atoms with Gasteiger partial charge < -0.3 is 15.0 Å². The molecule has 28 heavy (non-hydrogen) atoms. The van der Waals surface area contributed by atoms with Crippen LogP contribution in [0.3, 0.4) is 0 Å². The quantitative estimate of drug-likeness (QED) is 0.780. The third-order valence-corrected chi connectivity index (χ3v) is 4.76. The highest BCUT2D eigenvalue weighted by Crippen LogP contribution is 2.17. The molecule has 0 bridgehead atoms. The lowest BCUT2D eigenvalue weighted by atomic mass is 10.1. The monoisotopic (exact) mass is 380 g/mol. The standard InChI is InChI=1S/C22H24N2O4/c1-15-7-3-4-10-19(15)23-21(26)16(2)28-22(27)18-9-5-8-17(13-18)14-24-12-6-11-20(24)25/h3-5,7-10,13,16H,6,11-12,14H2,1-2H3,(H,23,26). The van der Waals surface area contributed by atoms with Crippen molar-refractivity contribution in [1.29, 1.82) is 0 Å². The molecule has 2 amide bonds. The molecule has 3 rings (SSSR count). The molecule has 2 aromatic rings. The molecule has 0 aromatic heterocycles. The molecule has 0 saturated carbocycles. The van der Waals surface area contributed by atoms with Crippen molar-refractivity contribution in [3.05, 3.63) is 65.2 Å². The molecule has 1 fully saturated rings. The number of ether oxygens (including phenoxy) is 1. The number of esters is 1. The molecule has 146 valence electrons. The van der Waals surface area contributed by atoms with Crippen molar-refractivity contribution < 1.29 is 19.1 Å². The molecule has 6 nitrogen and oxygen atoms in total. The first-order chi connectivity index (χ1) is 13.4. The van der Waals surface area contributed by atoms with Crippen molar-refractivity contribution in [3.8, 4) is 0 Å². The van der Waals surface area contributed by atoms with Crippen molar-refractivity contribution >= 4 is 23.5 Å². The fourth-order valence-corrected chi connectivity index (χ4v) is 3.12. The Labute approximate surface area is 164 Å². The fraction of sp³-hybridized carbons (Fsp3) is 0.318. The summed E-state index contributed by atoms with van der Waals surface area (Å²) in [4.78, 5) is 38.3. The molecule has 0 radical (unpaired) electrons. The van der Waals surface area contributed by atoms with Crippen LogP contribution < -0.4 is 5.32 Å². The van der Waals surface area contributed by atoms with Crippen LogP contribution in [0.2, 0.25) is 0 Å². The largest absolute Gasteiger partial charge is 0.449 e. The van der Waals surface area contributed by atoms with Crippen LogP contribution in [0, 0.1) is 6.92 Å². The van der Waals surface area contributed by atoms with Gasteiger partial charge in [0, 0.05) is 25.2 Å². The summed E-state index contributed by atoms with van der Waals surface area (Å²) in [6.45, 7) is 4.65. The smallest absolute Gasteiger partial charge is 0.338 e. The summed E-state index contributed by atoms with van der Waals surface area (Å²) in [7, 11) is 0. The number of benzene rings is 2. The van der Waals surface area contributed by atoms with Crippen LogP contribution >= 0.6 is 0 Å². The second kappa shape index (κ2) is 8.69. The Morgan fingerprint density at radius 3 is 2.68 bits per heavy atom. The summed E-state index contributed by atoms with van der Waals surface area (Å²) in [5, 5.41) is 2.77. The van der Waals surface area contributed by atoms with E-state index in [1.165, 1.54) is 6.92 Å². The third-order valence-electron chi connectivity index (χ3n) is 4.76. The van der Waals surface area contributed by atoms with Gasteiger partial charge in [-0.1, -0.05) is 30.3 Å². The SMILES string of the molecule is Cc1ccccc1NC(=O)C(C)OC(=O)c1cccc(CN2CCCC2=O)c1. The zero-order valence-corrected chi connectivity index (χ0v) is 16.1. The summed E-state index contributed by atoms with van der Waals surface area (Å²) in [5.74, 6) is -0.821. The van der Waals surface area contributed by atoms with E-state index < -0.39 is 12.1 Å². The van der Waals surface area contributed by atoms with Gasteiger partial charge in [0.25, 0.3) is 5.91 Å². The van der Waals surface area contributed by atoms with E-state index >= 15 is 0 Å². The highest BCUT2D eigenvalue weighted by atomic mass is 16.5. The average molecular weight is 380 g/mol. The maximum Gasteiger partial charge on any atom is 0.338 e. The number of hydrogen-bond donors (Lipinski definition) is 1. The molecule has 1 N–H and O–H groups in total. The van der Waals surface area contributed by atoms with Gasteiger partial charge in [-0.2, -0.15) is 0 Å². The van der Waals surface area contributed by atoms with E-state index in [4.69, 9.17) is 4.74 Å². The van der Waals surface area contributed by atoms with E-state index in [1.807, 2.05) is 31.2 Å². The van der Waals surface area contributed by atoms with E-state index in [0.29, 0.717) is 24.2 Å². The van der Waals surface area contributed by atoms with Gasteiger partial charge in [0.2, 0.25) is 5.91 Å². The Balaban J connectivity index is 1.60. The van der Waals surface area contributed by atoms with Crippen LogP contribution in [0.5, 0.6) is 0 Å². The van der Waals surface area contributed by atoms with Gasteiger partial charge in [-0.05, 0) is 49.6 Å². The minimum Gasteiger partial charge on any atom is -0.449 e. The fourth-order valence-electron chi connectivity index (χ4n) is 3.12. The number of anilines is 1. The van der Waals surface area contributed by atoms with Crippen LogP contribution in [0.25, 0.3) is 0 Å². The maximum atomic E-state index is 12.4. The van der Waals surface area contributed by atoms with E-state index in [0.717, 1.165) is 24.1 Å². The highest BCUT2D eigenvalue weighted by molar-refractivity contribution is 5.97. The van der Waals surface area contributed by atoms with Crippen LogP contribution in [0.4, 0.5) is 5.69 Å². The molecule has 0 aliphatic carbocycles. The van der Waals surface area contributed by atoms with Gasteiger partial charge in [-0.15, -0.1) is 0 Å². The molecular weight excluding hydrogens is 356 g/mol. The summed E-state index contributed by atoms with van der Waals surface area (Å²) in [6.07, 6.45) is 0.513. The van der Waals surface area contributed by atoms with E-state index in [9.17, 15) is 14.4 Å². The van der Waals surface area contributed by atoms with Crippen LogP contribution in [0.1, 0.15) is 41.3 Å². The maximum absolute atomic E-state index is 12.4. The van der Waals surface area contributed by atoms with Crippen LogP contribution in [-0.2, 0) is 20.9 Å². The minimum atomic E-state index is -0.934. The summed E-state index contributed by atoms with van der Waals surface area (Å²) < 4.78 is 5.32. The number of amides is 2. The van der Waals surface area contributed by atoms with Crippen molar-refractivity contribution in [2.45, 2.75) is 39.3 Å². The molecule has 1 saturated heterocycles. The van der Waals surface area contributed by atoms with Crippen LogP contribution in [0.15, 0.2) is 48.5 Å². The lowest BCUT2D eigenvalue weighted by Crippen LogP contribution is -2.30. The molecule has 6 heteroatoms. The number of aryl methyl sites for hydroxylation is 1. The number of hydrogen-bond acceptors (Lipinski definition) is 4. The molecule has 1 heterocycles. The van der Waals surface area contributed by atoms with Crippen molar-refractivity contribution in [3.63, 3.8) is 0 Å². The number of nitrogens with one attached hydrogen (secondary N) is 1. The predicted octanol–water partition coefficient (Wildman–Crippen LogP) is 3.30. The van der Waals surface area contributed by atoms with Crippen molar-refractivity contribution in [2.24, 2.45) is 0 Å². The predicted molar refractivity (Wildman–Crippen MR) is 106 cm³/mol. The molecule has 1 aliphatic heterocycles. The summed E-state index contributed by atoms with van der Waals surface area (Å²) >= 11 is 0. The number of carbonyl (C=O) groups excluding carboxylic acids is 3. The van der Waals surface area contributed by atoms with Crippen LogP contribution in [-0.4, -0.2) is 35.3 Å². The first-order valence-corrected chi connectivity index (χ1v) is 9.38. The molecular formula is C22H24N2O4. The molecule has 2 aromatic carbocycles. The first-order valence-electron chi connectivity index (χ1n) is 9.38. The number of likely N-dealkylation sites (tertiary alicyclic amines) is 1. The zero-order valence-electron chi connectivity index (χ0n) is 16.1. The average Bonchev–Trinajstić information content (AvgIpc) is 3.08. The first kappa shape index (κ1) is 19.6. The van der Waals surface area contributed by atoms with Crippen molar-refractivity contribution in [2.75, 3.05) is 11.9 Å². The van der Waals surface area contributed by atoms with Gasteiger partial charge in [-0.25, -0.2) is 4.79 Å². The summed E-state index contributed by atoms with van der Waals surface area (Å²) in [5.41, 5.74) is 2.84. The van der Waals surface area contributed by atoms with Gasteiger partial charge in [0.05, 0.1) is 5.56 Å². The Morgan fingerprint density at radius 2 is 1.96 bits per heavy atom. The minimum absolute atomic E-state index is 0.134. The molecule has 1 unspecified atom stereocenters. The highest BCUT2D eigenvalue weighted by Gasteiger charge is 2.22. The Morgan fingerprint density at radius 1 is 1.18 bits per heavy atom. The Kier molecular flexibility index (Phi) is 6.09. The number of nitrogens with zero attached hydrogens (tertiary/aromatic N) is 1. The number of carbonyl (C=O) groups is 3. The lowest BCUT2D eigenvalue weighted by Gasteiger charge is -2.17. The summed E-state index contributed by atoms with van der Waals surface area (Å²) in [6, 6.07) is 14.4. The molecule has 1 atom stereocenters. The van der Waals surface area contributed by atoms with Gasteiger partial charge in [0.15, 0.2) is 6.10 Å². The number of para-hydroxylation sites is 1. The van der Waals surface area contributed by atoms with Gasteiger partial charge in [0.1, 0.15) is 0 Å². The topological polar surface area (TPSA) is 75.7 Å². The Bertz CT molecular complexity index is 894. The van der Waals surface area contributed by atoms with E-state index in [-0.39, 0.29) is 11.8 Å². The van der Waals surface area contributed by atoms with Gasteiger partial charge >= 0.3 is 5.97 Å².